The molecule has 94 valence electrons. The van der Waals surface area contributed by atoms with Crippen LogP contribution in [0.1, 0.15) is 4.88 Å². The van der Waals surface area contributed by atoms with Gasteiger partial charge in [-0.3, -0.25) is 10.1 Å². The van der Waals surface area contributed by atoms with E-state index >= 15 is 0 Å². The predicted molar refractivity (Wildman–Crippen MR) is 64.7 cm³/mol. The molecule has 0 amide bonds. The Kier molecular flexibility index (Phi) is 3.52. The average molecular weight is 270 g/mol. The van der Waals surface area contributed by atoms with Gasteiger partial charge in [0.2, 0.25) is 0 Å². The van der Waals surface area contributed by atoms with E-state index in [9.17, 15) is 18.9 Å². The van der Waals surface area contributed by atoms with E-state index in [1.54, 1.807) is 12.1 Å². The Hall–Kier alpha value is -2.02. The van der Waals surface area contributed by atoms with Gasteiger partial charge in [-0.25, -0.2) is 8.78 Å². The van der Waals surface area contributed by atoms with Crippen molar-refractivity contribution in [3.63, 3.8) is 0 Å². The fourth-order valence-electron chi connectivity index (χ4n) is 1.45. The molecule has 18 heavy (non-hydrogen) atoms. The summed E-state index contributed by atoms with van der Waals surface area (Å²) in [7, 11) is 0. The molecule has 0 saturated heterocycles. The topological polar surface area (TPSA) is 55.2 Å². The van der Waals surface area contributed by atoms with Crippen molar-refractivity contribution in [1.29, 1.82) is 0 Å². The largest absolute Gasteiger partial charge is 0.372 e. The van der Waals surface area contributed by atoms with Crippen LogP contribution >= 0.6 is 11.3 Å². The van der Waals surface area contributed by atoms with Crippen LogP contribution in [0.2, 0.25) is 0 Å². The molecule has 0 saturated carbocycles. The minimum Gasteiger partial charge on any atom is -0.372 e. The van der Waals surface area contributed by atoms with Crippen molar-refractivity contribution in [2.24, 2.45) is 0 Å². The van der Waals surface area contributed by atoms with Crippen molar-refractivity contribution in [1.82, 2.24) is 0 Å². The highest BCUT2D eigenvalue weighted by atomic mass is 32.1. The maximum absolute atomic E-state index is 13.5. The maximum atomic E-state index is 13.5. The van der Waals surface area contributed by atoms with Crippen LogP contribution in [-0.2, 0) is 6.54 Å². The van der Waals surface area contributed by atoms with Gasteiger partial charge in [-0.05, 0) is 17.5 Å². The Morgan fingerprint density at radius 2 is 2.11 bits per heavy atom. The predicted octanol–water partition coefficient (Wildman–Crippen LogP) is 3.55. The molecule has 4 nitrogen and oxygen atoms in total. The molecule has 1 N–H and O–H groups in total. The van der Waals surface area contributed by atoms with Gasteiger partial charge in [0, 0.05) is 17.5 Å². The Morgan fingerprint density at radius 3 is 2.72 bits per heavy atom. The van der Waals surface area contributed by atoms with E-state index in [1.165, 1.54) is 11.3 Å². The smallest absolute Gasteiger partial charge is 0.295 e. The normalized spacial score (nSPS) is 10.3. The fraction of sp³-hybridized carbons (Fsp3) is 0.0909. The van der Waals surface area contributed by atoms with Crippen molar-refractivity contribution in [3.8, 4) is 0 Å². The third-order valence-electron chi connectivity index (χ3n) is 2.29. The average Bonchev–Trinajstić information content (AvgIpc) is 2.83. The van der Waals surface area contributed by atoms with Gasteiger partial charge >= 0.3 is 0 Å². The number of anilines is 1. The minimum atomic E-state index is -1.24. The van der Waals surface area contributed by atoms with E-state index in [4.69, 9.17) is 0 Å². The van der Waals surface area contributed by atoms with Crippen LogP contribution in [0, 0.1) is 21.7 Å². The molecule has 0 bridgehead atoms. The SMILES string of the molecule is O=[N+]([O-])c1ccc(F)c(F)c1NCc1cccs1. The van der Waals surface area contributed by atoms with Gasteiger partial charge in [-0.2, -0.15) is 0 Å². The van der Waals surface area contributed by atoms with Gasteiger partial charge in [0.05, 0.1) is 4.92 Å². The number of nitrogens with one attached hydrogen (secondary N) is 1. The van der Waals surface area contributed by atoms with Gasteiger partial charge in [0.15, 0.2) is 17.3 Å². The number of hydrogen-bond donors (Lipinski definition) is 1. The number of nitro benzene ring substituents is 1. The molecular formula is C11H8F2N2O2S. The Balaban J connectivity index is 2.30. The second-order valence-electron chi connectivity index (χ2n) is 3.45. The van der Waals surface area contributed by atoms with Crippen molar-refractivity contribution in [3.05, 3.63) is 56.3 Å². The zero-order valence-corrected chi connectivity index (χ0v) is 9.84. The van der Waals surface area contributed by atoms with E-state index in [0.29, 0.717) is 0 Å². The van der Waals surface area contributed by atoms with Crippen LogP contribution in [0.5, 0.6) is 0 Å². The lowest BCUT2D eigenvalue weighted by atomic mass is 10.2. The van der Waals surface area contributed by atoms with E-state index in [1.807, 2.05) is 5.38 Å². The Labute approximate surface area is 105 Å². The minimum absolute atomic E-state index is 0.207. The molecule has 7 heteroatoms. The molecule has 0 fully saturated rings. The molecule has 2 rings (SSSR count). The Morgan fingerprint density at radius 1 is 1.33 bits per heavy atom. The van der Waals surface area contributed by atoms with Crippen LogP contribution < -0.4 is 5.32 Å². The quantitative estimate of drug-likeness (QED) is 0.682. The molecule has 0 radical (unpaired) electrons. The van der Waals surface area contributed by atoms with Crippen molar-refractivity contribution >= 4 is 22.7 Å². The summed E-state index contributed by atoms with van der Waals surface area (Å²) in [5.41, 5.74) is -0.904. The molecule has 2 aromatic rings. The zero-order valence-electron chi connectivity index (χ0n) is 9.02. The van der Waals surface area contributed by atoms with Gasteiger partial charge in [-0.15, -0.1) is 11.3 Å². The summed E-state index contributed by atoms with van der Waals surface area (Å²) in [5, 5.41) is 15.1. The molecule has 0 aliphatic heterocycles. The number of benzene rings is 1. The number of rotatable bonds is 4. The zero-order chi connectivity index (χ0) is 13.1. The first-order valence-corrected chi connectivity index (χ1v) is 5.86. The van der Waals surface area contributed by atoms with E-state index in [-0.39, 0.29) is 6.54 Å². The first kappa shape index (κ1) is 12.4. The summed E-state index contributed by atoms with van der Waals surface area (Å²) in [6, 6.07) is 5.28. The highest BCUT2D eigenvalue weighted by molar-refractivity contribution is 7.09. The van der Waals surface area contributed by atoms with Gasteiger partial charge in [-0.1, -0.05) is 6.07 Å². The maximum Gasteiger partial charge on any atom is 0.295 e. The number of halogens is 2. The summed E-state index contributed by atoms with van der Waals surface area (Å²) in [6.45, 7) is 0.207. The Bertz CT molecular complexity index is 573. The summed E-state index contributed by atoms with van der Waals surface area (Å²) >= 11 is 1.42. The van der Waals surface area contributed by atoms with Gasteiger partial charge in [0.25, 0.3) is 5.69 Å². The number of thiophene rings is 1. The molecule has 0 aliphatic carbocycles. The second kappa shape index (κ2) is 5.09. The molecule has 0 spiro atoms. The summed E-state index contributed by atoms with van der Waals surface area (Å²) in [4.78, 5) is 10.8. The number of nitrogens with zero attached hydrogens (tertiary/aromatic N) is 1. The van der Waals surface area contributed by atoms with Crippen molar-refractivity contribution in [2.45, 2.75) is 6.54 Å². The van der Waals surface area contributed by atoms with Gasteiger partial charge < -0.3 is 5.32 Å². The van der Waals surface area contributed by atoms with E-state index < -0.39 is 27.9 Å². The molecule has 0 atom stereocenters. The van der Waals surface area contributed by atoms with E-state index in [2.05, 4.69) is 5.32 Å². The first-order valence-electron chi connectivity index (χ1n) is 4.98. The van der Waals surface area contributed by atoms with Crippen molar-refractivity contribution < 1.29 is 13.7 Å². The summed E-state index contributed by atoms with van der Waals surface area (Å²) in [5.74, 6) is -2.35. The highest BCUT2D eigenvalue weighted by Gasteiger charge is 2.21. The molecule has 1 heterocycles. The summed E-state index contributed by atoms with van der Waals surface area (Å²) in [6.07, 6.45) is 0. The molecular weight excluding hydrogens is 262 g/mol. The lowest BCUT2D eigenvalue weighted by Crippen LogP contribution is -2.05. The third-order valence-corrected chi connectivity index (χ3v) is 3.17. The lowest BCUT2D eigenvalue weighted by Gasteiger charge is -2.07. The molecule has 1 aromatic heterocycles. The van der Waals surface area contributed by atoms with Crippen molar-refractivity contribution in [2.75, 3.05) is 5.32 Å². The van der Waals surface area contributed by atoms with E-state index in [0.717, 1.165) is 17.0 Å². The number of nitro groups is 1. The molecule has 1 aromatic carbocycles. The first-order chi connectivity index (χ1) is 8.59. The molecule has 0 unspecified atom stereocenters. The lowest BCUT2D eigenvalue weighted by molar-refractivity contribution is -0.384. The third kappa shape index (κ3) is 2.45. The second-order valence-corrected chi connectivity index (χ2v) is 4.48. The standard InChI is InChI=1S/C11H8F2N2O2S/c12-8-3-4-9(15(16)17)11(10(8)13)14-6-7-2-1-5-18-7/h1-5,14H,6H2. The monoisotopic (exact) mass is 270 g/mol. The van der Waals surface area contributed by atoms with Crippen LogP contribution in [-0.4, -0.2) is 4.92 Å². The van der Waals surface area contributed by atoms with Crippen LogP contribution in [0.25, 0.3) is 0 Å². The summed E-state index contributed by atoms with van der Waals surface area (Å²) < 4.78 is 26.6. The van der Waals surface area contributed by atoms with Gasteiger partial charge in [0.1, 0.15) is 0 Å². The highest BCUT2D eigenvalue weighted by Crippen LogP contribution is 2.29. The fourth-order valence-corrected chi connectivity index (χ4v) is 2.09. The van der Waals surface area contributed by atoms with Crippen LogP contribution in [0.4, 0.5) is 20.2 Å². The molecule has 0 aliphatic rings. The number of hydrogen-bond acceptors (Lipinski definition) is 4. The van der Waals surface area contributed by atoms with Crippen LogP contribution in [0.3, 0.4) is 0 Å². The van der Waals surface area contributed by atoms with Crippen LogP contribution in [0.15, 0.2) is 29.6 Å².